The molecule has 0 spiro atoms. The number of hydrogen-bond acceptors (Lipinski definition) is 5. The maximum absolute atomic E-state index is 13.0. The Bertz CT molecular complexity index is 1030. The van der Waals surface area contributed by atoms with Crippen LogP contribution in [0.25, 0.3) is 0 Å². The van der Waals surface area contributed by atoms with Crippen molar-refractivity contribution in [3.8, 4) is 11.5 Å². The van der Waals surface area contributed by atoms with Crippen molar-refractivity contribution in [3.05, 3.63) is 48.0 Å². The standard InChI is InChI=1S/C20H21F3N2O5S/c1-2-29-17-10-7-15(13-18(17)31(27,28)25-11-3-4-12-25)24-19(26)14-5-8-16(9-6-14)30-20(21,22)23/h5-10,13H,2-4,11-12H2,1H3,(H,24,26). The van der Waals surface area contributed by atoms with E-state index in [1.54, 1.807) is 6.92 Å². The molecule has 3 rings (SSSR count). The summed E-state index contributed by atoms with van der Waals surface area (Å²) in [5, 5.41) is 2.56. The highest BCUT2D eigenvalue weighted by atomic mass is 32.2. The topological polar surface area (TPSA) is 84.9 Å². The number of ether oxygens (including phenoxy) is 2. The van der Waals surface area contributed by atoms with Crippen molar-refractivity contribution in [2.24, 2.45) is 0 Å². The van der Waals surface area contributed by atoms with Crippen molar-refractivity contribution in [2.45, 2.75) is 31.0 Å². The first-order valence-electron chi connectivity index (χ1n) is 9.54. The van der Waals surface area contributed by atoms with E-state index in [-0.39, 0.29) is 28.5 Å². The summed E-state index contributed by atoms with van der Waals surface area (Å²) in [7, 11) is -3.80. The largest absolute Gasteiger partial charge is 0.573 e. The molecule has 0 aliphatic carbocycles. The van der Waals surface area contributed by atoms with E-state index in [0.717, 1.165) is 25.0 Å². The third-order valence-electron chi connectivity index (χ3n) is 4.53. The lowest BCUT2D eigenvalue weighted by atomic mass is 10.2. The van der Waals surface area contributed by atoms with E-state index >= 15 is 0 Å². The predicted octanol–water partition coefficient (Wildman–Crippen LogP) is 4.02. The molecular weight excluding hydrogens is 437 g/mol. The number of nitrogens with zero attached hydrogens (tertiary/aromatic N) is 1. The predicted molar refractivity (Wildman–Crippen MR) is 107 cm³/mol. The van der Waals surface area contributed by atoms with Gasteiger partial charge in [0.25, 0.3) is 5.91 Å². The molecule has 1 aliphatic heterocycles. The molecule has 1 N–H and O–H groups in total. The van der Waals surface area contributed by atoms with E-state index in [1.165, 1.54) is 34.6 Å². The molecule has 1 amide bonds. The SMILES string of the molecule is CCOc1ccc(NC(=O)c2ccc(OC(F)(F)F)cc2)cc1S(=O)(=O)N1CCCC1. The van der Waals surface area contributed by atoms with Gasteiger partial charge in [0, 0.05) is 24.3 Å². The number of hydrogen-bond donors (Lipinski definition) is 1. The second-order valence-electron chi connectivity index (χ2n) is 6.73. The van der Waals surface area contributed by atoms with Crippen molar-refractivity contribution in [2.75, 3.05) is 25.0 Å². The number of benzene rings is 2. The number of carbonyl (C=O) groups excluding carboxylic acids is 1. The van der Waals surface area contributed by atoms with Gasteiger partial charge in [-0.1, -0.05) is 0 Å². The van der Waals surface area contributed by atoms with Crippen LogP contribution in [0.4, 0.5) is 18.9 Å². The molecular formula is C20H21F3N2O5S. The number of halogens is 3. The second-order valence-corrected chi connectivity index (χ2v) is 8.64. The minimum Gasteiger partial charge on any atom is -0.492 e. The van der Waals surface area contributed by atoms with Crippen LogP contribution in [-0.2, 0) is 10.0 Å². The molecule has 0 radical (unpaired) electrons. The molecule has 2 aromatic rings. The van der Waals surface area contributed by atoms with Gasteiger partial charge in [0.2, 0.25) is 10.0 Å². The van der Waals surface area contributed by atoms with Crippen molar-refractivity contribution in [3.63, 3.8) is 0 Å². The van der Waals surface area contributed by atoms with Crippen LogP contribution in [0, 0.1) is 0 Å². The van der Waals surface area contributed by atoms with Gasteiger partial charge in [-0.2, -0.15) is 4.31 Å². The Labute approximate surface area is 177 Å². The molecule has 2 aromatic carbocycles. The van der Waals surface area contributed by atoms with Gasteiger partial charge in [-0.15, -0.1) is 13.2 Å². The van der Waals surface area contributed by atoms with Crippen molar-refractivity contribution < 1.29 is 35.9 Å². The van der Waals surface area contributed by atoms with Crippen LogP contribution in [-0.4, -0.2) is 44.7 Å². The van der Waals surface area contributed by atoms with Gasteiger partial charge < -0.3 is 14.8 Å². The van der Waals surface area contributed by atoms with Crippen molar-refractivity contribution in [1.29, 1.82) is 0 Å². The number of rotatable bonds is 7. The number of sulfonamides is 1. The maximum atomic E-state index is 13.0. The van der Waals surface area contributed by atoms with Crippen molar-refractivity contribution in [1.82, 2.24) is 4.31 Å². The molecule has 1 saturated heterocycles. The summed E-state index contributed by atoms with van der Waals surface area (Å²) in [4.78, 5) is 12.4. The van der Waals surface area contributed by atoms with E-state index in [1.807, 2.05) is 0 Å². The fourth-order valence-corrected chi connectivity index (χ4v) is 4.82. The Morgan fingerprint density at radius 2 is 1.74 bits per heavy atom. The zero-order chi connectivity index (χ0) is 22.6. The summed E-state index contributed by atoms with van der Waals surface area (Å²) in [6, 6.07) is 8.65. The Morgan fingerprint density at radius 1 is 1.10 bits per heavy atom. The third kappa shape index (κ3) is 5.67. The molecule has 0 saturated carbocycles. The van der Waals surface area contributed by atoms with Gasteiger partial charge in [0.1, 0.15) is 16.4 Å². The van der Waals surface area contributed by atoms with Gasteiger partial charge in [0.05, 0.1) is 6.61 Å². The van der Waals surface area contributed by atoms with Crippen LogP contribution in [0.2, 0.25) is 0 Å². The van der Waals surface area contributed by atoms with E-state index < -0.39 is 28.0 Å². The summed E-state index contributed by atoms with van der Waals surface area (Å²) in [6.45, 7) is 2.82. The minimum absolute atomic E-state index is 0.0528. The van der Waals surface area contributed by atoms with Crippen LogP contribution in [0.1, 0.15) is 30.1 Å². The molecule has 0 bridgehead atoms. The molecule has 7 nitrogen and oxygen atoms in total. The molecule has 11 heteroatoms. The lowest BCUT2D eigenvalue weighted by molar-refractivity contribution is -0.274. The molecule has 1 aliphatic rings. The number of anilines is 1. The number of nitrogens with one attached hydrogen (secondary N) is 1. The smallest absolute Gasteiger partial charge is 0.492 e. The van der Waals surface area contributed by atoms with Crippen molar-refractivity contribution >= 4 is 21.6 Å². The Morgan fingerprint density at radius 3 is 2.32 bits per heavy atom. The average Bonchev–Trinajstić information content (AvgIpc) is 3.24. The van der Waals surface area contributed by atoms with Gasteiger partial charge in [0.15, 0.2) is 0 Å². The average molecular weight is 458 g/mol. The Balaban J connectivity index is 1.82. The number of amides is 1. The van der Waals surface area contributed by atoms with Gasteiger partial charge in [-0.25, -0.2) is 8.42 Å². The molecule has 1 heterocycles. The van der Waals surface area contributed by atoms with Crippen LogP contribution in [0.5, 0.6) is 11.5 Å². The first kappa shape index (κ1) is 22.9. The molecule has 1 fully saturated rings. The van der Waals surface area contributed by atoms with Gasteiger partial charge >= 0.3 is 6.36 Å². The van der Waals surface area contributed by atoms with Crippen LogP contribution < -0.4 is 14.8 Å². The summed E-state index contributed by atoms with van der Waals surface area (Å²) >= 11 is 0. The van der Waals surface area contributed by atoms with E-state index in [9.17, 15) is 26.4 Å². The quantitative estimate of drug-likeness (QED) is 0.678. The van der Waals surface area contributed by atoms with E-state index in [2.05, 4.69) is 10.1 Å². The highest BCUT2D eigenvalue weighted by Crippen LogP contribution is 2.32. The maximum Gasteiger partial charge on any atom is 0.573 e. The van der Waals surface area contributed by atoms with Gasteiger partial charge in [-0.3, -0.25) is 4.79 Å². The number of alkyl halides is 3. The fourth-order valence-electron chi connectivity index (χ4n) is 3.14. The third-order valence-corrected chi connectivity index (χ3v) is 6.45. The van der Waals surface area contributed by atoms with Crippen LogP contribution in [0.15, 0.2) is 47.4 Å². The zero-order valence-electron chi connectivity index (χ0n) is 16.6. The molecule has 0 aromatic heterocycles. The lowest BCUT2D eigenvalue weighted by Gasteiger charge is -2.19. The first-order valence-corrected chi connectivity index (χ1v) is 11.0. The highest BCUT2D eigenvalue weighted by molar-refractivity contribution is 7.89. The van der Waals surface area contributed by atoms with E-state index in [4.69, 9.17) is 4.74 Å². The Kier molecular flexibility index (Phi) is 6.75. The molecule has 0 atom stereocenters. The summed E-state index contributed by atoms with van der Waals surface area (Å²) in [6.07, 6.45) is -3.29. The zero-order valence-corrected chi connectivity index (χ0v) is 17.4. The summed E-state index contributed by atoms with van der Waals surface area (Å²) in [5.74, 6) is -0.891. The second kappa shape index (κ2) is 9.15. The minimum atomic E-state index is -4.83. The van der Waals surface area contributed by atoms with Crippen LogP contribution in [0.3, 0.4) is 0 Å². The Hall–Kier alpha value is -2.79. The normalized spacial score (nSPS) is 15.0. The highest BCUT2D eigenvalue weighted by Gasteiger charge is 2.31. The van der Waals surface area contributed by atoms with Crippen LogP contribution >= 0.6 is 0 Å². The molecule has 31 heavy (non-hydrogen) atoms. The first-order chi connectivity index (χ1) is 14.6. The summed E-state index contributed by atoms with van der Waals surface area (Å²) in [5.41, 5.74) is 0.286. The molecule has 168 valence electrons. The lowest BCUT2D eigenvalue weighted by Crippen LogP contribution is -2.28. The fraction of sp³-hybridized carbons (Fsp3) is 0.350. The summed E-state index contributed by atoms with van der Waals surface area (Å²) < 4.78 is 73.4. The van der Waals surface area contributed by atoms with E-state index in [0.29, 0.717) is 13.1 Å². The molecule has 0 unspecified atom stereocenters. The van der Waals surface area contributed by atoms with Gasteiger partial charge in [-0.05, 0) is 62.2 Å². The monoisotopic (exact) mass is 458 g/mol. The number of carbonyl (C=O) groups is 1.